The fourth-order valence-electron chi connectivity index (χ4n) is 4.33. The van der Waals surface area contributed by atoms with Crippen molar-refractivity contribution < 1.29 is 27.9 Å². The van der Waals surface area contributed by atoms with E-state index in [1.807, 2.05) is 0 Å². The zero-order valence-corrected chi connectivity index (χ0v) is 21.9. The van der Waals surface area contributed by atoms with E-state index in [2.05, 4.69) is 4.98 Å². The number of hydrogen-bond acceptors (Lipinski definition) is 7. The number of hydrogen-bond donors (Lipinski definition) is 1. The third-order valence-electron chi connectivity index (χ3n) is 6.22. The Hall–Kier alpha value is -4.28. The van der Waals surface area contributed by atoms with Crippen molar-refractivity contribution in [1.82, 2.24) is 9.55 Å². The van der Waals surface area contributed by atoms with Gasteiger partial charge in [0.25, 0.3) is 11.5 Å². The predicted octanol–water partition coefficient (Wildman–Crippen LogP) is 4.46. The first-order valence-corrected chi connectivity index (χ1v) is 12.2. The number of methoxy groups -OCH3 is 2. The molecule has 4 aromatic rings. The lowest BCUT2D eigenvalue weighted by atomic mass is 9.97. The number of pyridine rings is 1. The van der Waals surface area contributed by atoms with Gasteiger partial charge in [0.05, 0.1) is 24.9 Å². The smallest absolute Gasteiger partial charge is 0.252 e. The summed E-state index contributed by atoms with van der Waals surface area (Å²) in [6.07, 6.45) is 4.22. The molecule has 0 aliphatic carbocycles. The van der Waals surface area contributed by atoms with Crippen molar-refractivity contribution in [2.24, 2.45) is 5.73 Å². The third-order valence-corrected chi connectivity index (χ3v) is 6.46. The SMILES string of the molecule is COCCC(C(=O)Cc1ccc(C(N)=O)c(F)c1)n1cc(OC)c(-c2cc(Cl)ccc2-c2cocn2)cc1=O. The van der Waals surface area contributed by atoms with Gasteiger partial charge in [0.2, 0.25) is 0 Å². The quantitative estimate of drug-likeness (QED) is 0.290. The van der Waals surface area contributed by atoms with Crippen LogP contribution in [0.2, 0.25) is 5.02 Å². The molecule has 202 valence electrons. The minimum Gasteiger partial charge on any atom is -0.495 e. The number of carbonyl (C=O) groups is 2. The normalized spacial score (nSPS) is 11.8. The van der Waals surface area contributed by atoms with Crippen molar-refractivity contribution in [3.05, 3.63) is 93.6 Å². The molecule has 0 saturated heterocycles. The van der Waals surface area contributed by atoms with Crippen LogP contribution in [-0.2, 0) is 16.0 Å². The molecule has 39 heavy (non-hydrogen) atoms. The van der Waals surface area contributed by atoms with Crippen LogP contribution in [0.4, 0.5) is 4.39 Å². The fourth-order valence-corrected chi connectivity index (χ4v) is 4.50. The molecule has 4 rings (SSSR count). The van der Waals surface area contributed by atoms with Gasteiger partial charge in [-0.15, -0.1) is 0 Å². The van der Waals surface area contributed by atoms with Gasteiger partial charge in [-0.3, -0.25) is 14.4 Å². The number of rotatable bonds is 11. The summed E-state index contributed by atoms with van der Waals surface area (Å²) in [6, 6.07) is 9.33. The maximum absolute atomic E-state index is 14.3. The van der Waals surface area contributed by atoms with E-state index in [0.29, 0.717) is 38.7 Å². The predicted molar refractivity (Wildman–Crippen MR) is 142 cm³/mol. The lowest BCUT2D eigenvalue weighted by molar-refractivity contribution is -0.122. The van der Waals surface area contributed by atoms with Gasteiger partial charge in [-0.05, 0) is 41.8 Å². The van der Waals surface area contributed by atoms with Gasteiger partial charge in [-0.25, -0.2) is 9.37 Å². The molecular formula is C28H25ClFN3O6. The summed E-state index contributed by atoms with van der Waals surface area (Å²) in [5.74, 6) is -1.78. The average Bonchev–Trinajstić information content (AvgIpc) is 3.44. The Bertz CT molecular complexity index is 1570. The second-order valence-electron chi connectivity index (χ2n) is 8.68. The number of Topliss-reactive ketones (excluding diaryl/α,β-unsaturated/α-hetero) is 1. The summed E-state index contributed by atoms with van der Waals surface area (Å²) in [5.41, 5.74) is 6.98. The Morgan fingerprint density at radius 1 is 1.13 bits per heavy atom. The number of carbonyl (C=O) groups excluding carboxylic acids is 2. The summed E-state index contributed by atoms with van der Waals surface area (Å²) in [4.78, 5) is 42.4. The highest BCUT2D eigenvalue weighted by atomic mass is 35.5. The highest BCUT2D eigenvalue weighted by molar-refractivity contribution is 6.31. The van der Waals surface area contributed by atoms with Crippen LogP contribution in [0.3, 0.4) is 0 Å². The number of benzene rings is 2. The van der Waals surface area contributed by atoms with E-state index in [9.17, 15) is 18.8 Å². The monoisotopic (exact) mass is 553 g/mol. The highest BCUT2D eigenvalue weighted by Crippen LogP contribution is 2.38. The molecule has 0 aliphatic rings. The summed E-state index contributed by atoms with van der Waals surface area (Å²) in [7, 11) is 2.93. The Labute approximate surface area is 227 Å². The van der Waals surface area contributed by atoms with Crippen molar-refractivity contribution in [2.45, 2.75) is 18.9 Å². The molecule has 11 heteroatoms. The van der Waals surface area contributed by atoms with Gasteiger partial charge in [-0.2, -0.15) is 0 Å². The topological polar surface area (TPSA) is 127 Å². The van der Waals surface area contributed by atoms with Gasteiger partial charge >= 0.3 is 0 Å². The van der Waals surface area contributed by atoms with Crippen LogP contribution in [0.15, 0.2) is 70.5 Å². The van der Waals surface area contributed by atoms with Gasteiger partial charge < -0.3 is 24.2 Å². The van der Waals surface area contributed by atoms with Crippen LogP contribution in [0, 0.1) is 5.82 Å². The number of amides is 1. The van der Waals surface area contributed by atoms with E-state index >= 15 is 0 Å². The fraction of sp³-hybridized carbons (Fsp3) is 0.214. The van der Waals surface area contributed by atoms with E-state index in [1.165, 1.54) is 55.8 Å². The van der Waals surface area contributed by atoms with E-state index in [-0.39, 0.29) is 30.8 Å². The zero-order valence-electron chi connectivity index (χ0n) is 21.1. The minimum atomic E-state index is -0.936. The maximum atomic E-state index is 14.3. The molecule has 0 saturated carbocycles. The minimum absolute atomic E-state index is 0.181. The molecule has 1 amide bonds. The Morgan fingerprint density at radius 3 is 2.56 bits per heavy atom. The molecular weight excluding hydrogens is 529 g/mol. The molecule has 2 heterocycles. The van der Waals surface area contributed by atoms with Crippen molar-refractivity contribution >= 4 is 23.3 Å². The van der Waals surface area contributed by atoms with Crippen molar-refractivity contribution in [1.29, 1.82) is 0 Å². The molecule has 2 aromatic carbocycles. The number of ether oxygens (including phenoxy) is 2. The summed E-state index contributed by atoms with van der Waals surface area (Å²) in [5, 5.41) is 0.436. The van der Waals surface area contributed by atoms with Gasteiger partial charge in [-0.1, -0.05) is 23.7 Å². The van der Waals surface area contributed by atoms with Crippen LogP contribution in [0.5, 0.6) is 5.75 Å². The maximum Gasteiger partial charge on any atom is 0.252 e. The van der Waals surface area contributed by atoms with Crippen LogP contribution in [0.25, 0.3) is 22.4 Å². The van der Waals surface area contributed by atoms with Gasteiger partial charge in [0, 0.05) is 42.4 Å². The third kappa shape index (κ3) is 6.08. The molecule has 0 radical (unpaired) electrons. The summed E-state index contributed by atoms with van der Waals surface area (Å²) < 4.78 is 31.5. The van der Waals surface area contributed by atoms with E-state index < -0.39 is 23.3 Å². The number of nitrogens with zero attached hydrogens (tertiary/aromatic N) is 2. The highest BCUT2D eigenvalue weighted by Gasteiger charge is 2.25. The molecule has 1 atom stereocenters. The number of ketones is 1. The molecule has 2 aromatic heterocycles. The van der Waals surface area contributed by atoms with Gasteiger partial charge in [0.15, 0.2) is 12.2 Å². The number of halogens is 2. The molecule has 0 spiro atoms. The summed E-state index contributed by atoms with van der Waals surface area (Å²) in [6.45, 7) is 0.187. The number of nitrogens with two attached hydrogens (primary N) is 1. The van der Waals surface area contributed by atoms with Crippen LogP contribution >= 0.6 is 11.6 Å². The molecule has 1 unspecified atom stereocenters. The van der Waals surface area contributed by atoms with Crippen LogP contribution in [0.1, 0.15) is 28.4 Å². The standard InChI is InChI=1S/C28H25ClFN3O6/c1-37-8-7-24(25(34)10-16-3-5-19(28(31)36)22(30)9-16)33-13-26(38-2)21(12-27(33)35)20-11-17(29)4-6-18(20)23-14-39-15-32-23/h3-6,9,11-15,24H,7-8,10H2,1-2H3,(H2,31,36). The van der Waals surface area contributed by atoms with E-state index in [0.717, 1.165) is 6.07 Å². The second kappa shape index (κ2) is 12.1. The first-order valence-electron chi connectivity index (χ1n) is 11.8. The Morgan fingerprint density at radius 2 is 1.92 bits per heavy atom. The lowest BCUT2D eigenvalue weighted by Crippen LogP contribution is -2.31. The van der Waals surface area contributed by atoms with Crippen molar-refractivity contribution in [2.75, 3.05) is 20.8 Å². The van der Waals surface area contributed by atoms with Gasteiger partial charge in [0.1, 0.15) is 23.5 Å². The first kappa shape index (κ1) is 27.7. The molecule has 0 fully saturated rings. The van der Waals surface area contributed by atoms with Crippen LogP contribution < -0.4 is 16.0 Å². The lowest BCUT2D eigenvalue weighted by Gasteiger charge is -2.21. The molecule has 9 nitrogen and oxygen atoms in total. The number of primary amides is 1. The van der Waals surface area contributed by atoms with Crippen molar-refractivity contribution in [3.8, 4) is 28.1 Å². The molecule has 2 N–H and O–H groups in total. The van der Waals surface area contributed by atoms with Crippen LogP contribution in [-0.4, -0.2) is 42.1 Å². The first-order chi connectivity index (χ1) is 18.7. The Kier molecular flexibility index (Phi) is 8.58. The van der Waals surface area contributed by atoms with E-state index in [4.69, 9.17) is 31.2 Å². The second-order valence-corrected chi connectivity index (χ2v) is 9.12. The average molecular weight is 554 g/mol. The zero-order chi connectivity index (χ0) is 28.1. The number of aromatic nitrogens is 2. The van der Waals surface area contributed by atoms with E-state index in [1.54, 1.807) is 18.2 Å². The van der Waals surface area contributed by atoms with Crippen molar-refractivity contribution in [3.63, 3.8) is 0 Å². The molecule has 0 bridgehead atoms. The Balaban J connectivity index is 1.75. The number of oxazole rings is 1. The summed E-state index contributed by atoms with van der Waals surface area (Å²) >= 11 is 6.28. The largest absolute Gasteiger partial charge is 0.495 e. The molecule has 0 aliphatic heterocycles.